The number of nitrogens with zero attached hydrogens (tertiary/aromatic N) is 4. The van der Waals surface area contributed by atoms with Crippen LogP contribution in [0.25, 0.3) is 6.08 Å². The molecule has 0 unspecified atom stereocenters. The van der Waals surface area contributed by atoms with E-state index in [9.17, 15) is 4.79 Å². The zero-order chi connectivity index (χ0) is 16.8. The fourth-order valence-corrected chi connectivity index (χ4v) is 2.51. The minimum absolute atomic E-state index is 0.0513. The second-order valence-electron chi connectivity index (χ2n) is 5.38. The number of ether oxygens (including phenoxy) is 1. The average Bonchev–Trinajstić information content (AvgIpc) is 3.10. The van der Waals surface area contributed by atoms with Crippen LogP contribution >= 0.6 is 0 Å². The van der Waals surface area contributed by atoms with Crippen molar-refractivity contribution in [2.24, 2.45) is 0 Å². The first-order valence-corrected chi connectivity index (χ1v) is 7.66. The SMILES string of the molecule is N#Cc1nccnc1O[C@H]1CCN(C(=O)/C=C/c2ccccc2)C1. The summed E-state index contributed by atoms with van der Waals surface area (Å²) >= 11 is 0. The molecule has 1 fully saturated rings. The van der Waals surface area contributed by atoms with Gasteiger partial charge in [-0.3, -0.25) is 4.79 Å². The Balaban J connectivity index is 1.58. The van der Waals surface area contributed by atoms with E-state index in [-0.39, 0.29) is 23.6 Å². The lowest BCUT2D eigenvalue weighted by Gasteiger charge is -2.15. The highest BCUT2D eigenvalue weighted by Crippen LogP contribution is 2.18. The van der Waals surface area contributed by atoms with Crippen LogP contribution in [0.2, 0.25) is 0 Å². The second kappa shape index (κ2) is 7.38. The summed E-state index contributed by atoms with van der Waals surface area (Å²) in [6, 6.07) is 11.6. The van der Waals surface area contributed by atoms with Crippen LogP contribution in [0.4, 0.5) is 0 Å². The molecule has 0 N–H and O–H groups in total. The maximum absolute atomic E-state index is 12.2. The summed E-state index contributed by atoms with van der Waals surface area (Å²) in [5, 5.41) is 9.00. The number of likely N-dealkylation sites (tertiary alicyclic amines) is 1. The van der Waals surface area contributed by atoms with Crippen LogP contribution < -0.4 is 4.74 Å². The summed E-state index contributed by atoms with van der Waals surface area (Å²) in [4.78, 5) is 21.9. The average molecular weight is 320 g/mol. The fraction of sp³-hybridized carbons (Fsp3) is 0.222. The Morgan fingerprint density at radius 3 is 2.88 bits per heavy atom. The maximum Gasteiger partial charge on any atom is 0.251 e. The molecule has 1 aromatic carbocycles. The molecule has 24 heavy (non-hydrogen) atoms. The number of hydrogen-bond donors (Lipinski definition) is 0. The highest BCUT2D eigenvalue weighted by atomic mass is 16.5. The highest BCUT2D eigenvalue weighted by molar-refractivity contribution is 5.92. The zero-order valence-corrected chi connectivity index (χ0v) is 13.0. The Kier molecular flexibility index (Phi) is 4.82. The van der Waals surface area contributed by atoms with Crippen molar-refractivity contribution in [1.29, 1.82) is 5.26 Å². The van der Waals surface area contributed by atoms with E-state index in [1.54, 1.807) is 17.1 Å². The van der Waals surface area contributed by atoms with Crippen molar-refractivity contribution < 1.29 is 9.53 Å². The molecule has 120 valence electrons. The molecule has 0 aliphatic carbocycles. The van der Waals surface area contributed by atoms with Gasteiger partial charge in [-0.05, 0) is 11.6 Å². The predicted octanol–water partition coefficient (Wildman–Crippen LogP) is 2.04. The van der Waals surface area contributed by atoms with E-state index in [2.05, 4.69) is 9.97 Å². The lowest BCUT2D eigenvalue weighted by molar-refractivity contribution is -0.125. The van der Waals surface area contributed by atoms with E-state index < -0.39 is 0 Å². The number of rotatable bonds is 4. The molecule has 1 aliphatic heterocycles. The van der Waals surface area contributed by atoms with Gasteiger partial charge in [0.05, 0.1) is 6.54 Å². The molecule has 6 heteroatoms. The maximum atomic E-state index is 12.2. The van der Waals surface area contributed by atoms with Crippen LogP contribution in [0.5, 0.6) is 5.88 Å². The van der Waals surface area contributed by atoms with Crippen molar-refractivity contribution in [3.05, 3.63) is 60.1 Å². The molecule has 1 atom stereocenters. The fourth-order valence-electron chi connectivity index (χ4n) is 2.51. The smallest absolute Gasteiger partial charge is 0.251 e. The number of amides is 1. The Morgan fingerprint density at radius 1 is 1.29 bits per heavy atom. The first-order valence-electron chi connectivity index (χ1n) is 7.66. The summed E-state index contributed by atoms with van der Waals surface area (Å²) in [5.74, 6) is 0.170. The number of carbonyl (C=O) groups excluding carboxylic acids is 1. The molecule has 2 aromatic rings. The van der Waals surface area contributed by atoms with Crippen molar-refractivity contribution in [1.82, 2.24) is 14.9 Å². The van der Waals surface area contributed by atoms with Crippen molar-refractivity contribution in [3.8, 4) is 11.9 Å². The third kappa shape index (κ3) is 3.76. The molecule has 1 amide bonds. The number of carbonyl (C=O) groups is 1. The molecule has 1 saturated heterocycles. The quantitative estimate of drug-likeness (QED) is 0.806. The first-order chi connectivity index (χ1) is 11.8. The van der Waals surface area contributed by atoms with E-state index in [4.69, 9.17) is 10.00 Å². The molecule has 2 heterocycles. The predicted molar refractivity (Wildman–Crippen MR) is 87.8 cm³/mol. The lowest BCUT2D eigenvalue weighted by atomic mass is 10.2. The van der Waals surface area contributed by atoms with Crippen molar-refractivity contribution in [2.45, 2.75) is 12.5 Å². The van der Waals surface area contributed by atoms with E-state index >= 15 is 0 Å². The van der Waals surface area contributed by atoms with Crippen LogP contribution in [0.3, 0.4) is 0 Å². The Bertz CT molecular complexity index is 783. The number of hydrogen-bond acceptors (Lipinski definition) is 5. The van der Waals surface area contributed by atoms with Gasteiger partial charge in [0.1, 0.15) is 12.2 Å². The van der Waals surface area contributed by atoms with E-state index in [1.807, 2.05) is 36.4 Å². The van der Waals surface area contributed by atoms with Crippen LogP contribution in [0.15, 0.2) is 48.8 Å². The van der Waals surface area contributed by atoms with Crippen molar-refractivity contribution in [2.75, 3.05) is 13.1 Å². The number of benzene rings is 1. The van der Waals surface area contributed by atoms with Gasteiger partial charge in [-0.15, -0.1) is 0 Å². The summed E-state index contributed by atoms with van der Waals surface area (Å²) < 4.78 is 5.73. The third-order valence-electron chi connectivity index (χ3n) is 3.72. The monoisotopic (exact) mass is 320 g/mol. The second-order valence-corrected chi connectivity index (χ2v) is 5.38. The summed E-state index contributed by atoms with van der Waals surface area (Å²) in [7, 11) is 0. The molecule has 1 aromatic heterocycles. The van der Waals surface area contributed by atoms with Gasteiger partial charge in [-0.1, -0.05) is 30.3 Å². The van der Waals surface area contributed by atoms with Gasteiger partial charge in [-0.2, -0.15) is 5.26 Å². The molecule has 0 spiro atoms. The topological polar surface area (TPSA) is 79.1 Å². The summed E-state index contributed by atoms with van der Waals surface area (Å²) in [6.07, 6.45) is 6.82. The molecule has 0 bridgehead atoms. The molecule has 3 rings (SSSR count). The summed E-state index contributed by atoms with van der Waals surface area (Å²) in [6.45, 7) is 1.09. The van der Waals surface area contributed by atoms with E-state index in [0.29, 0.717) is 19.5 Å². The largest absolute Gasteiger partial charge is 0.470 e. The first kappa shape index (κ1) is 15.7. The zero-order valence-electron chi connectivity index (χ0n) is 13.0. The van der Waals surface area contributed by atoms with Crippen LogP contribution in [-0.2, 0) is 4.79 Å². The third-order valence-corrected chi connectivity index (χ3v) is 3.72. The van der Waals surface area contributed by atoms with Gasteiger partial charge in [0.25, 0.3) is 5.88 Å². The highest BCUT2D eigenvalue weighted by Gasteiger charge is 2.27. The standard InChI is InChI=1S/C18H16N4O2/c19-12-16-18(21-10-9-20-16)24-15-8-11-22(13-15)17(23)7-6-14-4-2-1-3-5-14/h1-7,9-10,15H,8,11,13H2/b7-6+/t15-/m0/s1. The molecule has 1 aliphatic rings. The molecular formula is C18H16N4O2. The Labute approximate surface area is 140 Å². The van der Waals surface area contributed by atoms with Gasteiger partial charge in [-0.25, -0.2) is 9.97 Å². The molecular weight excluding hydrogens is 304 g/mol. The van der Waals surface area contributed by atoms with Crippen LogP contribution in [0, 0.1) is 11.3 Å². The molecule has 6 nitrogen and oxygen atoms in total. The lowest BCUT2D eigenvalue weighted by Crippen LogP contribution is -2.29. The van der Waals surface area contributed by atoms with E-state index in [1.165, 1.54) is 12.4 Å². The van der Waals surface area contributed by atoms with Gasteiger partial charge in [0.2, 0.25) is 11.6 Å². The molecule has 0 saturated carbocycles. The minimum Gasteiger partial charge on any atom is -0.470 e. The number of nitriles is 1. The normalized spacial score (nSPS) is 17.0. The van der Waals surface area contributed by atoms with Crippen molar-refractivity contribution in [3.63, 3.8) is 0 Å². The van der Waals surface area contributed by atoms with Crippen LogP contribution in [0.1, 0.15) is 17.7 Å². The number of aromatic nitrogens is 2. The summed E-state index contributed by atoms with van der Waals surface area (Å²) in [5.41, 5.74) is 1.14. The minimum atomic E-state index is -0.178. The van der Waals surface area contributed by atoms with Gasteiger partial charge < -0.3 is 9.64 Å². The van der Waals surface area contributed by atoms with Crippen LogP contribution in [-0.4, -0.2) is 40.0 Å². The Morgan fingerprint density at radius 2 is 2.08 bits per heavy atom. The van der Waals surface area contributed by atoms with E-state index in [0.717, 1.165) is 5.56 Å². The van der Waals surface area contributed by atoms with Crippen molar-refractivity contribution >= 4 is 12.0 Å². The van der Waals surface area contributed by atoms with Gasteiger partial charge >= 0.3 is 0 Å². The molecule has 0 radical (unpaired) electrons. The Hall–Kier alpha value is -3.20. The van der Waals surface area contributed by atoms with Gasteiger partial charge in [0.15, 0.2) is 0 Å². The van der Waals surface area contributed by atoms with Gasteiger partial charge in [0, 0.05) is 31.4 Å².